The molecule has 1 aromatic rings. The number of rotatable bonds is 4. The molecule has 2 aliphatic rings. The van der Waals surface area contributed by atoms with E-state index in [1.165, 1.54) is 37.7 Å². The summed E-state index contributed by atoms with van der Waals surface area (Å²) in [6.45, 7) is 4.76. The van der Waals surface area contributed by atoms with Gasteiger partial charge in [-0.05, 0) is 61.1 Å². The molecule has 23 heavy (non-hydrogen) atoms. The van der Waals surface area contributed by atoms with E-state index in [1.807, 2.05) is 12.1 Å². The summed E-state index contributed by atoms with van der Waals surface area (Å²) in [5, 5.41) is 11.8. The highest BCUT2D eigenvalue weighted by Crippen LogP contribution is 2.50. The van der Waals surface area contributed by atoms with Gasteiger partial charge < -0.3 is 17.5 Å². The summed E-state index contributed by atoms with van der Waals surface area (Å²) in [6, 6.07) is 8.17. The van der Waals surface area contributed by atoms with Crippen LogP contribution in [0.4, 0.5) is 0 Å². The van der Waals surface area contributed by atoms with Crippen LogP contribution in [-0.2, 0) is 5.41 Å². The maximum absolute atomic E-state index is 11.0. The zero-order valence-corrected chi connectivity index (χ0v) is 15.8. The minimum atomic E-state index is -0.207. The molecule has 0 aromatic heterocycles. The minimum Gasteiger partial charge on any atom is -1.00 e. The third-order valence-corrected chi connectivity index (χ3v) is 6.42. The Hall–Kier alpha value is -0.240. The van der Waals surface area contributed by atoms with Gasteiger partial charge in [0.2, 0.25) is 0 Å². The molecule has 3 rings (SSSR count). The summed E-state index contributed by atoms with van der Waals surface area (Å²) in [7, 11) is 0. The molecule has 2 atom stereocenters. The monoisotopic (exact) mass is 355 g/mol. The third kappa shape index (κ3) is 4.06. The van der Waals surface area contributed by atoms with Crippen LogP contribution in [0.15, 0.2) is 24.3 Å². The first-order valence-electron chi connectivity index (χ1n) is 8.85. The lowest BCUT2D eigenvalue weighted by molar-refractivity contribution is -0.000418. The van der Waals surface area contributed by atoms with Crippen LogP contribution < -0.4 is 12.4 Å². The minimum absolute atomic E-state index is 0. The molecule has 0 bridgehead atoms. The molecule has 2 unspecified atom stereocenters. The van der Waals surface area contributed by atoms with Gasteiger partial charge >= 0.3 is 0 Å². The Balaban J connectivity index is 0.00000192. The lowest BCUT2D eigenvalue weighted by Gasteiger charge is -2.48. The van der Waals surface area contributed by atoms with Gasteiger partial charge in [-0.3, -0.25) is 0 Å². The SMILES string of the molecule is CC1(C)CCCC(CC(O)C2(c3ccc(Cl)cc3)CCC2)C1.[Cl-]. The predicted octanol–water partition coefficient (Wildman–Crippen LogP) is 2.73. The fourth-order valence-electron chi connectivity index (χ4n) is 4.75. The van der Waals surface area contributed by atoms with Crippen molar-refractivity contribution in [2.45, 2.75) is 76.7 Å². The maximum atomic E-state index is 11.0. The molecule has 130 valence electrons. The molecular weight excluding hydrogens is 327 g/mol. The molecule has 0 spiro atoms. The normalized spacial score (nSPS) is 26.7. The van der Waals surface area contributed by atoms with Crippen molar-refractivity contribution < 1.29 is 17.5 Å². The Bertz CT molecular complexity index is 505. The average Bonchev–Trinajstić information content (AvgIpc) is 2.38. The molecule has 0 amide bonds. The Morgan fingerprint density at radius 2 is 1.78 bits per heavy atom. The Morgan fingerprint density at radius 1 is 1.13 bits per heavy atom. The second-order valence-electron chi connectivity index (χ2n) is 8.39. The number of aliphatic hydroxyl groups is 1. The van der Waals surface area contributed by atoms with Crippen molar-refractivity contribution in [3.63, 3.8) is 0 Å². The molecular formula is C20H29Cl2O-. The lowest BCUT2D eigenvalue weighted by atomic mass is 9.58. The zero-order valence-electron chi connectivity index (χ0n) is 14.3. The quantitative estimate of drug-likeness (QED) is 0.880. The summed E-state index contributed by atoms with van der Waals surface area (Å²) >= 11 is 6.03. The zero-order chi connectivity index (χ0) is 15.8. The van der Waals surface area contributed by atoms with Crippen molar-refractivity contribution in [1.82, 2.24) is 0 Å². The van der Waals surface area contributed by atoms with Gasteiger partial charge in [-0.25, -0.2) is 0 Å². The van der Waals surface area contributed by atoms with Crippen molar-refractivity contribution in [2.24, 2.45) is 11.3 Å². The van der Waals surface area contributed by atoms with E-state index in [-0.39, 0.29) is 23.9 Å². The molecule has 1 nitrogen and oxygen atoms in total. The summed E-state index contributed by atoms with van der Waals surface area (Å²) < 4.78 is 0. The van der Waals surface area contributed by atoms with E-state index in [0.717, 1.165) is 24.3 Å². The lowest BCUT2D eigenvalue weighted by Crippen LogP contribution is -3.00. The first kappa shape index (κ1) is 19.1. The van der Waals surface area contributed by atoms with Crippen molar-refractivity contribution in [3.8, 4) is 0 Å². The Kier molecular flexibility index (Phi) is 6.09. The topological polar surface area (TPSA) is 20.2 Å². The number of aliphatic hydroxyl groups excluding tert-OH is 1. The molecule has 2 saturated carbocycles. The molecule has 3 heteroatoms. The second kappa shape index (κ2) is 7.33. The van der Waals surface area contributed by atoms with E-state index >= 15 is 0 Å². The highest BCUT2D eigenvalue weighted by molar-refractivity contribution is 6.30. The third-order valence-electron chi connectivity index (χ3n) is 6.17. The summed E-state index contributed by atoms with van der Waals surface area (Å²) in [6.07, 6.45) is 9.43. The van der Waals surface area contributed by atoms with Gasteiger partial charge in [0.05, 0.1) is 6.10 Å². The molecule has 2 fully saturated rings. The van der Waals surface area contributed by atoms with Crippen LogP contribution >= 0.6 is 11.6 Å². The van der Waals surface area contributed by atoms with Crippen LogP contribution in [-0.4, -0.2) is 11.2 Å². The molecule has 2 aliphatic carbocycles. The fraction of sp³-hybridized carbons (Fsp3) is 0.700. The van der Waals surface area contributed by atoms with Crippen molar-refractivity contribution in [3.05, 3.63) is 34.9 Å². The molecule has 1 N–H and O–H groups in total. The van der Waals surface area contributed by atoms with Crippen molar-refractivity contribution in [2.75, 3.05) is 0 Å². The maximum Gasteiger partial charge on any atom is 0.0639 e. The van der Waals surface area contributed by atoms with E-state index in [9.17, 15) is 5.11 Å². The largest absolute Gasteiger partial charge is 1.00 e. The van der Waals surface area contributed by atoms with Crippen LogP contribution in [0.25, 0.3) is 0 Å². The van der Waals surface area contributed by atoms with Gasteiger partial charge in [-0.2, -0.15) is 0 Å². The van der Waals surface area contributed by atoms with E-state index < -0.39 is 0 Å². The first-order chi connectivity index (χ1) is 10.4. The summed E-state index contributed by atoms with van der Waals surface area (Å²) in [5.41, 5.74) is 1.73. The van der Waals surface area contributed by atoms with E-state index in [4.69, 9.17) is 11.6 Å². The number of hydrogen-bond donors (Lipinski definition) is 1. The number of halogens is 2. The molecule has 0 aliphatic heterocycles. The first-order valence-corrected chi connectivity index (χ1v) is 9.23. The van der Waals surface area contributed by atoms with Crippen LogP contribution in [0.1, 0.15) is 70.8 Å². The molecule has 1 aromatic carbocycles. The summed E-state index contributed by atoms with van der Waals surface area (Å²) in [5.74, 6) is 0.684. The standard InChI is InChI=1S/C20H29ClO.ClH/c1-19(2)10-3-5-15(14-19)13-18(22)20(11-4-12-20)16-6-8-17(21)9-7-16;/h6-9,15,18,22H,3-5,10-14H2,1-2H3;1H/p-1. The highest BCUT2D eigenvalue weighted by atomic mass is 35.5. The van der Waals surface area contributed by atoms with E-state index in [2.05, 4.69) is 26.0 Å². The average molecular weight is 356 g/mol. The predicted molar refractivity (Wildman–Crippen MR) is 93.3 cm³/mol. The molecule has 0 saturated heterocycles. The van der Waals surface area contributed by atoms with E-state index in [0.29, 0.717) is 11.3 Å². The van der Waals surface area contributed by atoms with Gasteiger partial charge in [0.15, 0.2) is 0 Å². The van der Waals surface area contributed by atoms with Crippen LogP contribution in [0, 0.1) is 11.3 Å². The van der Waals surface area contributed by atoms with Gasteiger partial charge in [0.25, 0.3) is 0 Å². The van der Waals surface area contributed by atoms with Gasteiger partial charge in [-0.1, -0.05) is 56.8 Å². The van der Waals surface area contributed by atoms with E-state index in [1.54, 1.807) is 0 Å². The number of hydrogen-bond acceptors (Lipinski definition) is 1. The van der Waals surface area contributed by atoms with Crippen molar-refractivity contribution in [1.29, 1.82) is 0 Å². The smallest absolute Gasteiger partial charge is 0.0639 e. The van der Waals surface area contributed by atoms with Crippen LogP contribution in [0.2, 0.25) is 5.02 Å². The van der Waals surface area contributed by atoms with Crippen molar-refractivity contribution >= 4 is 11.6 Å². The summed E-state index contributed by atoms with van der Waals surface area (Å²) in [4.78, 5) is 0. The Labute approximate surface area is 152 Å². The van der Waals surface area contributed by atoms with Crippen LogP contribution in [0.5, 0.6) is 0 Å². The number of benzene rings is 1. The highest BCUT2D eigenvalue weighted by Gasteiger charge is 2.45. The molecule has 0 heterocycles. The van der Waals surface area contributed by atoms with Gasteiger partial charge in [0, 0.05) is 10.4 Å². The second-order valence-corrected chi connectivity index (χ2v) is 8.83. The molecule has 0 radical (unpaired) electrons. The van der Waals surface area contributed by atoms with Gasteiger partial charge in [0.1, 0.15) is 0 Å². The van der Waals surface area contributed by atoms with Crippen LogP contribution in [0.3, 0.4) is 0 Å². The van der Waals surface area contributed by atoms with Gasteiger partial charge in [-0.15, -0.1) is 0 Å². The fourth-order valence-corrected chi connectivity index (χ4v) is 4.88. The Morgan fingerprint density at radius 3 is 2.30 bits per heavy atom.